The largest absolute Gasteiger partial charge is 0.330 e. The highest BCUT2D eigenvalue weighted by atomic mass is 32.1. The number of para-hydroxylation sites is 1. The van der Waals surface area contributed by atoms with Gasteiger partial charge in [0.15, 0.2) is 0 Å². The first-order valence-corrected chi connectivity index (χ1v) is 7.38. The predicted molar refractivity (Wildman–Crippen MR) is 81.5 cm³/mol. The zero-order chi connectivity index (χ0) is 13.9. The summed E-state index contributed by atoms with van der Waals surface area (Å²) < 4.78 is 14.4. The Bertz CT molecular complexity index is 690. The molecule has 0 amide bonds. The quantitative estimate of drug-likeness (QED) is 0.794. The van der Waals surface area contributed by atoms with Gasteiger partial charge in [0, 0.05) is 12.5 Å². The summed E-state index contributed by atoms with van der Waals surface area (Å²) in [5, 5.41) is 1.03. The van der Waals surface area contributed by atoms with Gasteiger partial charge in [0.05, 0.1) is 15.2 Å². The van der Waals surface area contributed by atoms with Crippen LogP contribution in [0.4, 0.5) is 4.39 Å². The molecule has 0 radical (unpaired) electrons. The van der Waals surface area contributed by atoms with E-state index in [-0.39, 0.29) is 11.7 Å². The molecule has 0 aliphatic rings. The van der Waals surface area contributed by atoms with Crippen LogP contribution in [0.1, 0.15) is 16.5 Å². The van der Waals surface area contributed by atoms with Gasteiger partial charge in [-0.05, 0) is 36.2 Å². The minimum absolute atomic E-state index is 0.134. The molecule has 0 aliphatic heterocycles. The van der Waals surface area contributed by atoms with E-state index in [1.54, 1.807) is 23.5 Å². The van der Waals surface area contributed by atoms with Gasteiger partial charge in [0.2, 0.25) is 0 Å². The van der Waals surface area contributed by atoms with E-state index in [4.69, 9.17) is 5.73 Å². The smallest absolute Gasteiger partial charge is 0.123 e. The van der Waals surface area contributed by atoms with E-state index in [1.807, 2.05) is 24.3 Å². The number of hydrogen-bond donors (Lipinski definition) is 1. The van der Waals surface area contributed by atoms with Crippen molar-refractivity contribution in [2.45, 2.75) is 12.3 Å². The molecule has 0 fully saturated rings. The Morgan fingerprint density at radius 3 is 2.75 bits per heavy atom. The van der Waals surface area contributed by atoms with E-state index < -0.39 is 0 Å². The number of hydrogen-bond acceptors (Lipinski definition) is 3. The summed E-state index contributed by atoms with van der Waals surface area (Å²) in [6, 6.07) is 14.7. The fourth-order valence-electron chi connectivity index (χ4n) is 2.28. The standard InChI is InChI=1S/C16H15FN2S/c17-13-5-3-4-11(9-13)8-12(10-18)16-19-14-6-1-2-7-15(14)20-16/h1-7,9,12H,8,10,18H2. The molecule has 0 aliphatic carbocycles. The number of rotatable bonds is 4. The number of fused-ring (bicyclic) bond motifs is 1. The second kappa shape index (κ2) is 5.69. The monoisotopic (exact) mass is 286 g/mol. The average molecular weight is 286 g/mol. The molecule has 2 nitrogen and oxygen atoms in total. The van der Waals surface area contributed by atoms with Crippen molar-refractivity contribution in [2.75, 3.05) is 6.54 Å². The van der Waals surface area contributed by atoms with Crippen LogP contribution in [0.3, 0.4) is 0 Å². The predicted octanol–water partition coefficient (Wildman–Crippen LogP) is 3.72. The van der Waals surface area contributed by atoms with Crippen molar-refractivity contribution in [3.8, 4) is 0 Å². The van der Waals surface area contributed by atoms with Crippen LogP contribution in [-0.4, -0.2) is 11.5 Å². The maximum absolute atomic E-state index is 13.2. The Labute approximate surface area is 121 Å². The first-order chi connectivity index (χ1) is 9.76. The second-order valence-corrected chi connectivity index (χ2v) is 5.85. The van der Waals surface area contributed by atoms with Gasteiger partial charge in [-0.15, -0.1) is 11.3 Å². The van der Waals surface area contributed by atoms with Gasteiger partial charge in [-0.25, -0.2) is 9.37 Å². The lowest BCUT2D eigenvalue weighted by Crippen LogP contribution is -2.14. The van der Waals surface area contributed by atoms with E-state index in [0.717, 1.165) is 16.1 Å². The van der Waals surface area contributed by atoms with Gasteiger partial charge in [0.25, 0.3) is 0 Å². The maximum Gasteiger partial charge on any atom is 0.123 e. The molecule has 2 aromatic carbocycles. The van der Waals surface area contributed by atoms with Crippen molar-refractivity contribution in [2.24, 2.45) is 5.73 Å². The van der Waals surface area contributed by atoms with Crippen molar-refractivity contribution in [3.63, 3.8) is 0 Å². The molecule has 0 spiro atoms. The van der Waals surface area contributed by atoms with E-state index in [0.29, 0.717) is 13.0 Å². The summed E-state index contributed by atoms with van der Waals surface area (Å²) >= 11 is 1.67. The molecule has 3 aromatic rings. The molecule has 1 heterocycles. The summed E-state index contributed by atoms with van der Waals surface area (Å²) in [5.74, 6) is -0.0724. The van der Waals surface area contributed by atoms with Crippen LogP contribution in [0.15, 0.2) is 48.5 Å². The summed E-state index contributed by atoms with van der Waals surface area (Å²) in [5.41, 5.74) is 7.85. The van der Waals surface area contributed by atoms with Gasteiger partial charge >= 0.3 is 0 Å². The average Bonchev–Trinajstić information content (AvgIpc) is 2.88. The zero-order valence-electron chi connectivity index (χ0n) is 10.9. The van der Waals surface area contributed by atoms with Crippen LogP contribution in [0.5, 0.6) is 0 Å². The lowest BCUT2D eigenvalue weighted by molar-refractivity contribution is 0.620. The fraction of sp³-hybridized carbons (Fsp3) is 0.188. The zero-order valence-corrected chi connectivity index (χ0v) is 11.7. The van der Waals surface area contributed by atoms with E-state index >= 15 is 0 Å². The summed E-state index contributed by atoms with van der Waals surface area (Å²) in [4.78, 5) is 4.65. The SMILES string of the molecule is NCC(Cc1cccc(F)c1)c1nc2ccccc2s1. The van der Waals surface area contributed by atoms with E-state index in [2.05, 4.69) is 11.1 Å². The molecule has 2 N–H and O–H groups in total. The molecule has 0 saturated carbocycles. The van der Waals surface area contributed by atoms with Crippen LogP contribution < -0.4 is 5.73 Å². The van der Waals surface area contributed by atoms with E-state index in [9.17, 15) is 4.39 Å². The van der Waals surface area contributed by atoms with Crippen molar-refractivity contribution in [1.29, 1.82) is 0 Å². The van der Waals surface area contributed by atoms with E-state index in [1.165, 1.54) is 10.8 Å². The molecular formula is C16H15FN2S. The van der Waals surface area contributed by atoms with Crippen LogP contribution in [-0.2, 0) is 6.42 Å². The Morgan fingerprint density at radius 1 is 1.15 bits per heavy atom. The first kappa shape index (κ1) is 13.2. The van der Waals surface area contributed by atoms with Gasteiger partial charge in [0.1, 0.15) is 5.82 Å². The Kier molecular flexibility index (Phi) is 3.76. The molecule has 3 rings (SSSR count). The molecule has 20 heavy (non-hydrogen) atoms. The van der Waals surface area contributed by atoms with Crippen LogP contribution in [0.25, 0.3) is 10.2 Å². The third-order valence-corrected chi connectivity index (χ3v) is 4.51. The van der Waals surface area contributed by atoms with Crippen LogP contribution >= 0.6 is 11.3 Å². The molecule has 4 heteroatoms. The number of nitrogens with zero attached hydrogens (tertiary/aromatic N) is 1. The van der Waals surface area contributed by atoms with Crippen LogP contribution in [0, 0.1) is 5.82 Å². The fourth-order valence-corrected chi connectivity index (χ4v) is 3.36. The number of nitrogens with two attached hydrogens (primary N) is 1. The number of thiazole rings is 1. The number of halogens is 1. The normalized spacial score (nSPS) is 12.7. The Balaban J connectivity index is 1.89. The highest BCUT2D eigenvalue weighted by Crippen LogP contribution is 2.29. The maximum atomic E-state index is 13.2. The first-order valence-electron chi connectivity index (χ1n) is 6.56. The van der Waals surface area contributed by atoms with Crippen LogP contribution in [0.2, 0.25) is 0 Å². The van der Waals surface area contributed by atoms with Crippen molar-refractivity contribution in [3.05, 3.63) is 64.9 Å². The molecule has 1 unspecified atom stereocenters. The lowest BCUT2D eigenvalue weighted by atomic mass is 10.00. The summed E-state index contributed by atoms with van der Waals surface area (Å²) in [6.45, 7) is 0.510. The third kappa shape index (κ3) is 2.71. The third-order valence-electron chi connectivity index (χ3n) is 3.32. The Morgan fingerprint density at radius 2 is 2.00 bits per heavy atom. The van der Waals surface area contributed by atoms with Crippen molar-refractivity contribution in [1.82, 2.24) is 4.98 Å². The number of benzene rings is 2. The van der Waals surface area contributed by atoms with Gasteiger partial charge in [-0.3, -0.25) is 0 Å². The van der Waals surface area contributed by atoms with Crippen molar-refractivity contribution >= 4 is 21.6 Å². The number of aromatic nitrogens is 1. The van der Waals surface area contributed by atoms with Gasteiger partial charge in [-0.1, -0.05) is 24.3 Å². The molecule has 1 atom stereocenters. The highest BCUT2D eigenvalue weighted by Gasteiger charge is 2.15. The summed E-state index contributed by atoms with van der Waals surface area (Å²) in [7, 11) is 0. The molecule has 0 bridgehead atoms. The lowest BCUT2D eigenvalue weighted by Gasteiger charge is -2.11. The molecular weight excluding hydrogens is 271 g/mol. The molecule has 0 saturated heterocycles. The topological polar surface area (TPSA) is 38.9 Å². The second-order valence-electron chi connectivity index (χ2n) is 4.79. The Hall–Kier alpha value is -1.78. The molecule has 1 aromatic heterocycles. The molecule has 102 valence electrons. The highest BCUT2D eigenvalue weighted by molar-refractivity contribution is 7.18. The van der Waals surface area contributed by atoms with Gasteiger partial charge < -0.3 is 5.73 Å². The summed E-state index contributed by atoms with van der Waals surface area (Å²) in [6.07, 6.45) is 0.716. The minimum Gasteiger partial charge on any atom is -0.330 e. The minimum atomic E-state index is -0.206. The van der Waals surface area contributed by atoms with Gasteiger partial charge in [-0.2, -0.15) is 0 Å². The van der Waals surface area contributed by atoms with Crippen molar-refractivity contribution < 1.29 is 4.39 Å².